The summed E-state index contributed by atoms with van der Waals surface area (Å²) in [5.41, 5.74) is -0.949. The number of para-hydroxylation sites is 1. The summed E-state index contributed by atoms with van der Waals surface area (Å²) >= 11 is 18.0. The molecule has 0 aromatic heterocycles. The van der Waals surface area contributed by atoms with Crippen molar-refractivity contribution in [2.45, 2.75) is 65.8 Å². The van der Waals surface area contributed by atoms with Crippen LogP contribution in [0.25, 0.3) is 0 Å². The normalized spacial score (nSPS) is 13.0. The fraction of sp³-hybridized carbons (Fsp3) is 0.278. The molecule has 0 amide bonds. The lowest BCUT2D eigenvalue weighted by atomic mass is 10.3. The van der Waals surface area contributed by atoms with E-state index in [1.807, 2.05) is 0 Å². The van der Waals surface area contributed by atoms with Crippen molar-refractivity contribution in [2.75, 3.05) is 0 Å². The fourth-order valence-electron chi connectivity index (χ4n) is 4.43. The van der Waals surface area contributed by atoms with E-state index in [4.69, 9.17) is 62.4 Å². The van der Waals surface area contributed by atoms with E-state index >= 15 is 0 Å². The molecule has 4 aromatic rings. The van der Waals surface area contributed by atoms with Gasteiger partial charge in [-0.3, -0.25) is 39.9 Å². The number of halogens is 3. The second-order valence-corrected chi connectivity index (χ2v) is 17.4. The van der Waals surface area contributed by atoms with Crippen LogP contribution in [0.15, 0.2) is 84.9 Å². The summed E-state index contributed by atoms with van der Waals surface area (Å²) in [4.78, 5) is 55.0. The van der Waals surface area contributed by atoms with Crippen molar-refractivity contribution in [3.63, 3.8) is 0 Å². The molecule has 0 bridgehead atoms. The monoisotopic (exact) mass is 963 g/mol. The highest BCUT2D eigenvalue weighted by molar-refractivity contribution is 7.52. The zero-order valence-corrected chi connectivity index (χ0v) is 37.4. The Hall–Kier alpha value is -5.53. The lowest BCUT2D eigenvalue weighted by Gasteiger charge is -2.24. The van der Waals surface area contributed by atoms with Crippen molar-refractivity contribution in [3.8, 4) is 23.0 Å². The van der Waals surface area contributed by atoms with Crippen LogP contribution in [0.1, 0.15) is 41.5 Å². The van der Waals surface area contributed by atoms with Crippen molar-refractivity contribution in [2.24, 2.45) is 0 Å². The Morgan fingerprint density at radius 3 is 1.11 bits per heavy atom. The molecule has 0 aliphatic carbocycles. The van der Waals surface area contributed by atoms with E-state index in [0.717, 1.165) is 48.5 Å². The summed E-state index contributed by atoms with van der Waals surface area (Å²) in [7, 11) is -8.70. The van der Waals surface area contributed by atoms with Crippen LogP contribution in [-0.2, 0) is 28.2 Å². The summed E-state index contributed by atoms with van der Waals surface area (Å²) in [6, 6.07) is 15.5. The number of nitro benzene ring substituents is 3. The fourth-order valence-corrected chi connectivity index (χ4v) is 8.33. The van der Waals surface area contributed by atoms with Crippen molar-refractivity contribution < 1.29 is 61.1 Å². The van der Waals surface area contributed by atoms with E-state index in [9.17, 15) is 49.1 Å². The van der Waals surface area contributed by atoms with Gasteiger partial charge in [-0.2, -0.15) is 10.2 Å². The minimum atomic E-state index is -4.51. The Balaban J connectivity index is 0.000000333. The number of nitrogens with zero attached hydrogens (tertiary/aromatic N) is 3. The first kappa shape index (κ1) is 50.8. The summed E-state index contributed by atoms with van der Waals surface area (Å²) < 4.78 is 58.8. The molecule has 0 radical (unpaired) electrons. The van der Waals surface area contributed by atoms with E-state index in [1.54, 1.807) is 58.0 Å². The topological polar surface area (TPSA) is 277 Å². The third-order valence-electron chi connectivity index (χ3n) is 7.12. The average Bonchev–Trinajstić information content (AvgIpc) is 3.17. The summed E-state index contributed by atoms with van der Waals surface area (Å²) in [6.07, 6.45) is -0.831. The van der Waals surface area contributed by atoms with Crippen molar-refractivity contribution in [1.82, 2.24) is 10.2 Å². The second kappa shape index (κ2) is 22.5. The molecule has 26 heteroatoms. The van der Waals surface area contributed by atoms with Crippen LogP contribution < -0.4 is 28.3 Å². The zero-order chi connectivity index (χ0) is 46.5. The number of benzene rings is 4. The lowest BCUT2D eigenvalue weighted by molar-refractivity contribution is -0.385. The highest BCUT2D eigenvalue weighted by Gasteiger charge is 2.37. The SMILES string of the molecule is CC(C)OC(=O)[C@H](C)NP(=O)(Oc1ccc([N+](=O)[O-])cc1Cl)Oc1ccc([N+](=O)[O-])cc1Cl.CC(C)OC(=O)[C@H](C)N[P@](=O)(Oc1ccccc1)Oc1ccc([N+](=O)[O-])cc1Cl. The Morgan fingerprint density at radius 2 is 0.839 bits per heavy atom. The van der Waals surface area contributed by atoms with Gasteiger partial charge >= 0.3 is 27.4 Å². The molecule has 0 spiro atoms. The van der Waals surface area contributed by atoms with Crippen LogP contribution in [0.5, 0.6) is 23.0 Å². The molecule has 4 rings (SSSR count). The molecule has 62 heavy (non-hydrogen) atoms. The Kier molecular flexibility index (Phi) is 18.5. The maximum absolute atomic E-state index is 13.5. The molecule has 334 valence electrons. The number of esters is 2. The maximum Gasteiger partial charge on any atom is 0.513 e. The van der Waals surface area contributed by atoms with E-state index < -0.39 is 60.4 Å². The van der Waals surface area contributed by atoms with E-state index in [-0.39, 0.29) is 61.2 Å². The smallest absolute Gasteiger partial charge is 0.462 e. The Bertz CT molecular complexity index is 2310. The van der Waals surface area contributed by atoms with Gasteiger partial charge in [0, 0.05) is 36.4 Å². The molecule has 0 aliphatic heterocycles. The quantitative estimate of drug-likeness (QED) is 0.0382. The van der Waals surface area contributed by atoms with Gasteiger partial charge in [-0.15, -0.1) is 0 Å². The van der Waals surface area contributed by atoms with Gasteiger partial charge < -0.3 is 27.6 Å². The van der Waals surface area contributed by atoms with Crippen molar-refractivity contribution >= 4 is 79.3 Å². The van der Waals surface area contributed by atoms with Gasteiger partial charge in [-0.1, -0.05) is 53.0 Å². The van der Waals surface area contributed by atoms with Crippen molar-refractivity contribution in [3.05, 3.63) is 130 Å². The van der Waals surface area contributed by atoms with Crippen LogP contribution in [0, 0.1) is 30.3 Å². The third kappa shape index (κ3) is 15.7. The van der Waals surface area contributed by atoms with E-state index in [1.165, 1.54) is 19.9 Å². The zero-order valence-electron chi connectivity index (χ0n) is 33.3. The molecule has 0 aliphatic rings. The number of carbonyl (C=O) groups is 2. The summed E-state index contributed by atoms with van der Waals surface area (Å²) in [6.45, 7) is 9.36. The van der Waals surface area contributed by atoms with Gasteiger partial charge in [0.15, 0.2) is 17.2 Å². The van der Waals surface area contributed by atoms with Gasteiger partial charge in [-0.05, 0) is 71.9 Å². The molecule has 3 atom stereocenters. The predicted octanol–water partition coefficient (Wildman–Crippen LogP) is 10.0. The average molecular weight is 965 g/mol. The minimum absolute atomic E-state index is 0.117. The largest absolute Gasteiger partial charge is 0.513 e. The molecular formula is C36H38Cl3N5O16P2. The molecule has 2 N–H and O–H groups in total. The van der Waals surface area contributed by atoms with Crippen LogP contribution in [0.4, 0.5) is 17.1 Å². The van der Waals surface area contributed by atoms with Gasteiger partial charge in [0.1, 0.15) is 17.8 Å². The van der Waals surface area contributed by atoms with Crippen LogP contribution in [0.2, 0.25) is 15.1 Å². The van der Waals surface area contributed by atoms with Crippen molar-refractivity contribution in [1.29, 1.82) is 0 Å². The van der Waals surface area contributed by atoms with Gasteiger partial charge in [0.05, 0.1) is 42.0 Å². The first-order valence-corrected chi connectivity index (χ1v) is 21.9. The van der Waals surface area contributed by atoms with E-state index in [0.29, 0.717) is 0 Å². The molecule has 0 saturated carbocycles. The number of carbonyl (C=O) groups excluding carboxylic acids is 2. The first-order valence-electron chi connectivity index (χ1n) is 17.7. The van der Waals surface area contributed by atoms with Gasteiger partial charge in [0.25, 0.3) is 17.1 Å². The molecule has 0 unspecified atom stereocenters. The highest BCUT2D eigenvalue weighted by atomic mass is 35.5. The molecule has 0 heterocycles. The number of nitro groups is 3. The summed E-state index contributed by atoms with van der Waals surface area (Å²) in [5.74, 6) is -1.86. The minimum Gasteiger partial charge on any atom is -0.462 e. The molecular weight excluding hydrogens is 927 g/mol. The first-order chi connectivity index (χ1) is 28.9. The van der Waals surface area contributed by atoms with Crippen LogP contribution in [0.3, 0.4) is 0 Å². The summed E-state index contributed by atoms with van der Waals surface area (Å²) in [5, 5.41) is 36.9. The van der Waals surface area contributed by atoms with E-state index in [2.05, 4.69) is 10.2 Å². The standard InChI is InChI=1S/C18H18Cl2N3O9P.C18H20ClN2O7P/c1-10(2)30-18(24)11(3)21-33(29,31-16-6-4-12(22(25)26)8-14(16)19)32-17-7-5-13(23(27)28)9-15(17)20;1-12(2)26-18(22)13(3)20-29(25,27-15-7-5-4-6-8-15)28-17-10-9-14(21(23)24)11-16(17)19/h4-11H,1-3H3,(H,21,29);4-13H,1-3H3,(H,20,25)/t11-;13-,29-/m00/s1. The lowest BCUT2D eigenvalue weighted by Crippen LogP contribution is -2.36. The number of rotatable bonds is 19. The molecule has 4 aromatic carbocycles. The number of hydrogen-bond donors (Lipinski definition) is 2. The Morgan fingerprint density at radius 1 is 0.532 bits per heavy atom. The Labute approximate surface area is 368 Å². The number of ether oxygens (including phenoxy) is 2. The second-order valence-electron chi connectivity index (χ2n) is 13.0. The van der Waals surface area contributed by atoms with Gasteiger partial charge in [0.2, 0.25) is 0 Å². The molecule has 0 fully saturated rings. The predicted molar refractivity (Wildman–Crippen MR) is 226 cm³/mol. The van der Waals surface area contributed by atoms with Crippen LogP contribution >= 0.6 is 50.3 Å². The third-order valence-corrected chi connectivity index (χ3v) is 11.2. The molecule has 21 nitrogen and oxygen atoms in total. The highest BCUT2D eigenvalue weighted by Crippen LogP contribution is 2.50. The maximum atomic E-state index is 13.5. The number of nitrogens with one attached hydrogen (secondary N) is 2. The molecule has 0 saturated heterocycles. The number of non-ortho nitro benzene ring substituents is 3. The number of hydrogen-bond acceptors (Lipinski definition) is 16. The van der Waals surface area contributed by atoms with Crippen LogP contribution in [-0.4, -0.2) is 51.0 Å². The van der Waals surface area contributed by atoms with Gasteiger partial charge in [-0.25, -0.2) is 9.13 Å².